The fraction of sp³-hybridized carbons (Fsp3) is 0.556. The SMILES string of the molecule is CCC[C@@H](C)NC(=O)COC(=O)c1cc([N+](=O)[O-])ccc1N1CCOCC1. The van der Waals surface area contributed by atoms with E-state index < -0.39 is 23.4 Å². The van der Waals surface area contributed by atoms with Crippen LogP contribution in [0.4, 0.5) is 11.4 Å². The van der Waals surface area contributed by atoms with E-state index in [-0.39, 0.29) is 17.3 Å². The van der Waals surface area contributed by atoms with Gasteiger partial charge < -0.3 is 19.7 Å². The fourth-order valence-electron chi connectivity index (χ4n) is 2.91. The van der Waals surface area contributed by atoms with Gasteiger partial charge in [0.1, 0.15) is 0 Å². The lowest BCUT2D eigenvalue weighted by Gasteiger charge is -2.30. The molecule has 0 radical (unpaired) electrons. The van der Waals surface area contributed by atoms with Crippen molar-refractivity contribution in [1.82, 2.24) is 5.32 Å². The molecule has 9 nitrogen and oxygen atoms in total. The van der Waals surface area contributed by atoms with Crippen LogP contribution < -0.4 is 10.2 Å². The minimum Gasteiger partial charge on any atom is -0.452 e. The van der Waals surface area contributed by atoms with Crippen LogP contribution in [0.2, 0.25) is 0 Å². The predicted molar refractivity (Wildman–Crippen MR) is 98.9 cm³/mol. The second-order valence-corrected chi connectivity index (χ2v) is 6.39. The highest BCUT2D eigenvalue weighted by Crippen LogP contribution is 2.27. The number of morpholine rings is 1. The quantitative estimate of drug-likeness (QED) is 0.417. The van der Waals surface area contributed by atoms with E-state index in [9.17, 15) is 19.7 Å². The van der Waals surface area contributed by atoms with E-state index in [1.165, 1.54) is 18.2 Å². The summed E-state index contributed by atoms with van der Waals surface area (Å²) in [4.78, 5) is 36.8. The molecule has 1 amide bonds. The van der Waals surface area contributed by atoms with E-state index in [1.807, 2.05) is 18.7 Å². The van der Waals surface area contributed by atoms with E-state index in [1.54, 1.807) is 0 Å². The average Bonchev–Trinajstić information content (AvgIpc) is 2.66. The molecule has 1 atom stereocenters. The molecule has 0 unspecified atom stereocenters. The average molecular weight is 379 g/mol. The predicted octanol–water partition coefficient (Wildman–Crippen LogP) is 1.89. The summed E-state index contributed by atoms with van der Waals surface area (Å²) in [5.74, 6) is -1.17. The smallest absolute Gasteiger partial charge is 0.341 e. The van der Waals surface area contributed by atoms with Gasteiger partial charge in [0.25, 0.3) is 11.6 Å². The molecular formula is C18H25N3O6. The van der Waals surface area contributed by atoms with Gasteiger partial charge in [-0.2, -0.15) is 0 Å². The van der Waals surface area contributed by atoms with Crippen molar-refractivity contribution < 1.29 is 24.0 Å². The number of carbonyl (C=O) groups excluding carboxylic acids is 2. The van der Waals surface area contributed by atoms with Gasteiger partial charge in [0, 0.05) is 31.3 Å². The van der Waals surface area contributed by atoms with Crippen molar-refractivity contribution in [2.75, 3.05) is 37.8 Å². The number of hydrogen-bond acceptors (Lipinski definition) is 7. The number of rotatable bonds is 8. The van der Waals surface area contributed by atoms with Crippen LogP contribution in [0.1, 0.15) is 37.0 Å². The normalized spacial score (nSPS) is 15.1. The number of benzene rings is 1. The molecule has 1 aliphatic heterocycles. The number of nitrogens with zero attached hydrogens (tertiary/aromatic N) is 2. The second kappa shape index (κ2) is 9.86. The van der Waals surface area contributed by atoms with Crippen LogP contribution in [0.5, 0.6) is 0 Å². The molecule has 0 saturated carbocycles. The van der Waals surface area contributed by atoms with Gasteiger partial charge in [0.2, 0.25) is 0 Å². The van der Waals surface area contributed by atoms with Crippen molar-refractivity contribution in [3.05, 3.63) is 33.9 Å². The van der Waals surface area contributed by atoms with Crippen LogP contribution in [0, 0.1) is 10.1 Å². The molecule has 9 heteroatoms. The Balaban J connectivity index is 2.11. The molecule has 2 rings (SSSR count). The summed E-state index contributed by atoms with van der Waals surface area (Å²) in [6.07, 6.45) is 1.75. The number of anilines is 1. The maximum atomic E-state index is 12.5. The molecule has 148 valence electrons. The number of ether oxygens (including phenoxy) is 2. The van der Waals surface area contributed by atoms with Crippen molar-refractivity contribution >= 4 is 23.3 Å². The minimum atomic E-state index is -0.765. The molecule has 1 N–H and O–H groups in total. The highest BCUT2D eigenvalue weighted by Gasteiger charge is 2.23. The van der Waals surface area contributed by atoms with Gasteiger partial charge >= 0.3 is 5.97 Å². The summed E-state index contributed by atoms with van der Waals surface area (Å²) in [5.41, 5.74) is 0.397. The van der Waals surface area contributed by atoms with Crippen LogP contribution >= 0.6 is 0 Å². The number of nitro groups is 1. The highest BCUT2D eigenvalue weighted by molar-refractivity contribution is 5.97. The monoisotopic (exact) mass is 379 g/mol. The van der Waals surface area contributed by atoms with Crippen LogP contribution in [0.15, 0.2) is 18.2 Å². The first-order chi connectivity index (χ1) is 12.9. The summed E-state index contributed by atoms with van der Waals surface area (Å²) in [6.45, 7) is 5.59. The second-order valence-electron chi connectivity index (χ2n) is 6.39. The molecule has 0 aliphatic carbocycles. The van der Waals surface area contributed by atoms with Crippen LogP contribution in [-0.4, -0.2) is 55.8 Å². The number of non-ortho nitro benzene ring substituents is 1. The number of nitrogens with one attached hydrogen (secondary N) is 1. The lowest BCUT2D eigenvalue weighted by molar-refractivity contribution is -0.384. The third kappa shape index (κ3) is 5.92. The Labute approximate surface area is 157 Å². The molecule has 1 saturated heterocycles. The number of nitro benzene ring substituents is 1. The number of esters is 1. The summed E-state index contributed by atoms with van der Waals surface area (Å²) in [7, 11) is 0. The zero-order chi connectivity index (χ0) is 19.8. The third-order valence-electron chi connectivity index (χ3n) is 4.23. The number of carbonyl (C=O) groups is 2. The van der Waals surface area contributed by atoms with Crippen LogP contribution in [0.3, 0.4) is 0 Å². The third-order valence-corrected chi connectivity index (χ3v) is 4.23. The summed E-state index contributed by atoms with van der Waals surface area (Å²) in [5, 5.41) is 13.8. The maximum absolute atomic E-state index is 12.5. The van der Waals surface area contributed by atoms with Gasteiger partial charge in [0.05, 0.1) is 29.4 Å². The summed E-state index contributed by atoms with van der Waals surface area (Å²) in [6, 6.07) is 4.05. The topological polar surface area (TPSA) is 111 Å². The Morgan fingerprint density at radius 2 is 2.07 bits per heavy atom. The molecule has 27 heavy (non-hydrogen) atoms. The molecule has 0 bridgehead atoms. The summed E-state index contributed by atoms with van der Waals surface area (Å²) >= 11 is 0. The standard InChI is InChI=1S/C18H25N3O6/c1-3-4-13(2)19-17(22)12-27-18(23)15-11-14(21(24)25)5-6-16(15)20-7-9-26-10-8-20/h5-6,11,13H,3-4,7-10,12H2,1-2H3,(H,19,22)/t13-/m1/s1. The zero-order valence-electron chi connectivity index (χ0n) is 15.6. The molecule has 1 aliphatic rings. The first kappa shape index (κ1) is 20.6. The van der Waals surface area contributed by atoms with E-state index in [4.69, 9.17) is 9.47 Å². The first-order valence-electron chi connectivity index (χ1n) is 9.00. The molecule has 1 aromatic rings. The van der Waals surface area contributed by atoms with Gasteiger partial charge in [-0.3, -0.25) is 14.9 Å². The number of hydrogen-bond donors (Lipinski definition) is 1. The van der Waals surface area contributed by atoms with Crippen molar-refractivity contribution in [1.29, 1.82) is 0 Å². The number of amides is 1. The Morgan fingerprint density at radius 3 is 2.70 bits per heavy atom. The van der Waals surface area contributed by atoms with Gasteiger partial charge in [0.15, 0.2) is 6.61 Å². The summed E-state index contributed by atoms with van der Waals surface area (Å²) < 4.78 is 10.4. The van der Waals surface area contributed by atoms with Crippen molar-refractivity contribution in [2.45, 2.75) is 32.7 Å². The lowest BCUT2D eigenvalue weighted by atomic mass is 10.1. The highest BCUT2D eigenvalue weighted by atomic mass is 16.6. The van der Waals surface area contributed by atoms with Gasteiger partial charge in [-0.05, 0) is 19.4 Å². The van der Waals surface area contributed by atoms with E-state index in [0.29, 0.717) is 32.0 Å². The molecule has 1 aromatic carbocycles. The Hall–Kier alpha value is -2.68. The lowest BCUT2D eigenvalue weighted by Crippen LogP contribution is -2.38. The van der Waals surface area contributed by atoms with Gasteiger partial charge in [-0.15, -0.1) is 0 Å². The van der Waals surface area contributed by atoms with E-state index >= 15 is 0 Å². The first-order valence-corrected chi connectivity index (χ1v) is 9.00. The molecule has 0 spiro atoms. The van der Waals surface area contributed by atoms with Crippen LogP contribution in [-0.2, 0) is 14.3 Å². The maximum Gasteiger partial charge on any atom is 0.341 e. The van der Waals surface area contributed by atoms with Gasteiger partial charge in [-0.1, -0.05) is 13.3 Å². The Morgan fingerprint density at radius 1 is 1.37 bits per heavy atom. The van der Waals surface area contributed by atoms with Crippen molar-refractivity contribution in [3.63, 3.8) is 0 Å². The van der Waals surface area contributed by atoms with Crippen LogP contribution in [0.25, 0.3) is 0 Å². The molecule has 1 heterocycles. The van der Waals surface area contributed by atoms with Crippen molar-refractivity contribution in [3.8, 4) is 0 Å². The van der Waals surface area contributed by atoms with E-state index in [0.717, 1.165) is 12.8 Å². The fourth-order valence-corrected chi connectivity index (χ4v) is 2.91. The molecule has 0 aromatic heterocycles. The molecular weight excluding hydrogens is 354 g/mol. The largest absolute Gasteiger partial charge is 0.452 e. The Bertz CT molecular complexity index is 688. The zero-order valence-corrected chi connectivity index (χ0v) is 15.6. The minimum absolute atomic E-state index is 0.0112. The molecule has 1 fully saturated rings. The Kier molecular flexibility index (Phi) is 7.54. The van der Waals surface area contributed by atoms with Gasteiger partial charge in [-0.25, -0.2) is 4.79 Å². The van der Waals surface area contributed by atoms with Crippen molar-refractivity contribution in [2.24, 2.45) is 0 Å². The van der Waals surface area contributed by atoms with E-state index in [2.05, 4.69) is 5.32 Å².